The Kier molecular flexibility index (Phi) is 3.87. The van der Waals surface area contributed by atoms with Crippen LogP contribution in [0.4, 0.5) is 4.39 Å². The Bertz CT molecular complexity index is 598. The molecule has 1 aromatic carbocycles. The van der Waals surface area contributed by atoms with Crippen LogP contribution in [0.5, 0.6) is 0 Å². The van der Waals surface area contributed by atoms with Gasteiger partial charge in [-0.3, -0.25) is 9.78 Å². The number of carbonyl (C=O) groups excluding carboxylic acids is 1. The molecule has 0 N–H and O–H groups in total. The zero-order valence-electron chi connectivity index (χ0n) is 9.78. The SMILES string of the molecule is Cc1cc(F)ccc1CC(=O)c1ncccc1Br. The van der Waals surface area contributed by atoms with E-state index in [4.69, 9.17) is 0 Å². The van der Waals surface area contributed by atoms with E-state index < -0.39 is 0 Å². The van der Waals surface area contributed by atoms with Crippen molar-refractivity contribution in [1.82, 2.24) is 4.98 Å². The normalized spacial score (nSPS) is 10.4. The Labute approximate surface area is 113 Å². The van der Waals surface area contributed by atoms with Gasteiger partial charge in [-0.15, -0.1) is 0 Å². The number of aryl methyl sites for hydroxylation is 1. The lowest BCUT2D eigenvalue weighted by Crippen LogP contribution is -2.08. The fourth-order valence-electron chi connectivity index (χ4n) is 1.71. The molecule has 0 saturated heterocycles. The molecule has 4 heteroatoms. The fourth-order valence-corrected chi connectivity index (χ4v) is 2.18. The number of Topliss-reactive ketones (excluding diaryl/α,β-unsaturated/α-hetero) is 1. The quantitative estimate of drug-likeness (QED) is 0.809. The highest BCUT2D eigenvalue weighted by Crippen LogP contribution is 2.17. The molecule has 2 aromatic rings. The third-order valence-electron chi connectivity index (χ3n) is 2.68. The summed E-state index contributed by atoms with van der Waals surface area (Å²) in [6.45, 7) is 1.79. The van der Waals surface area contributed by atoms with E-state index in [9.17, 15) is 9.18 Å². The Morgan fingerprint density at radius 3 is 2.83 bits per heavy atom. The summed E-state index contributed by atoms with van der Waals surface area (Å²) in [4.78, 5) is 16.1. The summed E-state index contributed by atoms with van der Waals surface area (Å²) in [5, 5.41) is 0. The lowest BCUT2D eigenvalue weighted by Gasteiger charge is -2.06. The van der Waals surface area contributed by atoms with Gasteiger partial charge in [-0.05, 0) is 58.2 Å². The summed E-state index contributed by atoms with van der Waals surface area (Å²) >= 11 is 3.30. The maximum absolute atomic E-state index is 13.0. The molecule has 0 aliphatic heterocycles. The molecule has 0 aliphatic carbocycles. The van der Waals surface area contributed by atoms with Crippen LogP contribution in [0.25, 0.3) is 0 Å². The maximum Gasteiger partial charge on any atom is 0.186 e. The first-order valence-electron chi connectivity index (χ1n) is 5.46. The molecule has 18 heavy (non-hydrogen) atoms. The number of aromatic nitrogens is 1. The van der Waals surface area contributed by atoms with Gasteiger partial charge in [0.25, 0.3) is 0 Å². The van der Waals surface area contributed by atoms with Crippen LogP contribution >= 0.6 is 15.9 Å². The van der Waals surface area contributed by atoms with E-state index in [2.05, 4.69) is 20.9 Å². The van der Waals surface area contributed by atoms with Crippen LogP contribution < -0.4 is 0 Å². The second-order valence-electron chi connectivity index (χ2n) is 4.00. The monoisotopic (exact) mass is 307 g/mol. The summed E-state index contributed by atoms with van der Waals surface area (Å²) in [5.74, 6) is -0.375. The summed E-state index contributed by atoms with van der Waals surface area (Å²) in [6, 6.07) is 7.96. The van der Waals surface area contributed by atoms with Gasteiger partial charge in [0.05, 0.1) is 0 Å². The Balaban J connectivity index is 2.24. The predicted molar refractivity (Wildman–Crippen MR) is 71.1 cm³/mol. The number of pyridine rings is 1. The minimum Gasteiger partial charge on any atom is -0.292 e. The highest BCUT2D eigenvalue weighted by molar-refractivity contribution is 9.10. The van der Waals surface area contributed by atoms with Gasteiger partial charge >= 0.3 is 0 Å². The Morgan fingerprint density at radius 1 is 1.39 bits per heavy atom. The predicted octanol–water partition coefficient (Wildman–Crippen LogP) is 3.72. The molecule has 0 unspecified atom stereocenters. The summed E-state index contributed by atoms with van der Waals surface area (Å²) < 4.78 is 13.6. The molecule has 0 fully saturated rings. The number of nitrogens with zero attached hydrogens (tertiary/aromatic N) is 1. The van der Waals surface area contributed by atoms with E-state index >= 15 is 0 Å². The van der Waals surface area contributed by atoms with Crippen molar-refractivity contribution in [3.05, 3.63) is 63.6 Å². The molecule has 0 saturated carbocycles. The molecule has 2 nitrogen and oxygen atoms in total. The van der Waals surface area contributed by atoms with Crippen molar-refractivity contribution in [3.8, 4) is 0 Å². The highest BCUT2D eigenvalue weighted by Gasteiger charge is 2.13. The first-order valence-corrected chi connectivity index (χ1v) is 6.26. The van der Waals surface area contributed by atoms with Crippen molar-refractivity contribution in [3.63, 3.8) is 0 Å². The van der Waals surface area contributed by atoms with E-state index in [1.54, 1.807) is 31.3 Å². The van der Waals surface area contributed by atoms with E-state index in [0.717, 1.165) is 11.1 Å². The Morgan fingerprint density at radius 2 is 2.17 bits per heavy atom. The molecular weight excluding hydrogens is 297 g/mol. The molecule has 0 aliphatic rings. The number of ketones is 1. The van der Waals surface area contributed by atoms with E-state index in [1.807, 2.05) is 0 Å². The average Bonchev–Trinajstić information content (AvgIpc) is 2.33. The van der Waals surface area contributed by atoms with Crippen LogP contribution in [-0.2, 0) is 6.42 Å². The van der Waals surface area contributed by atoms with E-state index in [-0.39, 0.29) is 18.0 Å². The van der Waals surface area contributed by atoms with Crippen molar-refractivity contribution in [2.24, 2.45) is 0 Å². The molecule has 1 heterocycles. The minimum absolute atomic E-state index is 0.0859. The molecule has 0 bridgehead atoms. The number of halogens is 2. The lowest BCUT2D eigenvalue weighted by molar-refractivity contribution is 0.0987. The standard InChI is InChI=1S/C14H11BrFNO/c1-9-7-11(16)5-4-10(9)8-13(18)14-12(15)3-2-6-17-14/h2-7H,8H2,1H3. The molecule has 0 radical (unpaired) electrons. The average molecular weight is 308 g/mol. The molecule has 0 atom stereocenters. The summed E-state index contributed by atoms with van der Waals surface area (Å²) in [6.07, 6.45) is 1.80. The van der Waals surface area contributed by atoms with Crippen molar-refractivity contribution in [2.45, 2.75) is 13.3 Å². The fraction of sp³-hybridized carbons (Fsp3) is 0.143. The number of rotatable bonds is 3. The maximum atomic E-state index is 13.0. The van der Waals surface area contributed by atoms with Crippen LogP contribution in [0.15, 0.2) is 41.0 Å². The third kappa shape index (κ3) is 2.82. The molecule has 92 valence electrons. The second kappa shape index (κ2) is 5.40. The zero-order valence-corrected chi connectivity index (χ0v) is 11.4. The van der Waals surface area contributed by atoms with E-state index in [0.29, 0.717) is 10.2 Å². The van der Waals surface area contributed by atoms with Gasteiger partial charge in [0.1, 0.15) is 11.5 Å². The molecule has 2 rings (SSSR count). The van der Waals surface area contributed by atoms with Gasteiger partial charge in [-0.2, -0.15) is 0 Å². The van der Waals surface area contributed by atoms with Gasteiger partial charge in [0.15, 0.2) is 5.78 Å². The number of benzene rings is 1. The topological polar surface area (TPSA) is 30.0 Å². The van der Waals surface area contributed by atoms with Crippen LogP contribution in [0, 0.1) is 12.7 Å². The van der Waals surface area contributed by atoms with Crippen LogP contribution in [0.3, 0.4) is 0 Å². The second-order valence-corrected chi connectivity index (χ2v) is 4.86. The van der Waals surface area contributed by atoms with Crippen molar-refractivity contribution >= 4 is 21.7 Å². The van der Waals surface area contributed by atoms with Crippen molar-refractivity contribution in [2.75, 3.05) is 0 Å². The molecule has 0 spiro atoms. The van der Waals surface area contributed by atoms with Crippen LogP contribution in [-0.4, -0.2) is 10.8 Å². The van der Waals surface area contributed by atoms with Gasteiger partial charge in [0, 0.05) is 17.1 Å². The highest BCUT2D eigenvalue weighted by atomic mass is 79.9. The summed E-state index contributed by atoms with van der Waals surface area (Å²) in [5.41, 5.74) is 2.00. The van der Waals surface area contributed by atoms with Crippen molar-refractivity contribution in [1.29, 1.82) is 0 Å². The summed E-state index contributed by atoms with van der Waals surface area (Å²) in [7, 11) is 0. The largest absolute Gasteiger partial charge is 0.292 e. The molecule has 1 aromatic heterocycles. The van der Waals surface area contributed by atoms with Crippen molar-refractivity contribution < 1.29 is 9.18 Å². The zero-order chi connectivity index (χ0) is 13.1. The lowest BCUT2D eigenvalue weighted by atomic mass is 10.0. The number of carbonyl (C=O) groups is 1. The van der Waals surface area contributed by atoms with Gasteiger partial charge in [-0.25, -0.2) is 4.39 Å². The van der Waals surface area contributed by atoms with Gasteiger partial charge in [0.2, 0.25) is 0 Å². The van der Waals surface area contributed by atoms with E-state index in [1.165, 1.54) is 12.1 Å². The van der Waals surface area contributed by atoms with Gasteiger partial charge < -0.3 is 0 Å². The molecule has 0 amide bonds. The third-order valence-corrected chi connectivity index (χ3v) is 3.32. The minimum atomic E-state index is -0.289. The van der Waals surface area contributed by atoms with Gasteiger partial charge in [-0.1, -0.05) is 6.07 Å². The Hall–Kier alpha value is -1.55. The smallest absolute Gasteiger partial charge is 0.186 e. The first-order chi connectivity index (χ1) is 8.58. The number of hydrogen-bond acceptors (Lipinski definition) is 2. The molecular formula is C14H11BrFNO. The first kappa shape index (κ1) is 12.9. The number of hydrogen-bond donors (Lipinski definition) is 0. The van der Waals surface area contributed by atoms with Crippen LogP contribution in [0.2, 0.25) is 0 Å². The van der Waals surface area contributed by atoms with Crippen LogP contribution in [0.1, 0.15) is 21.6 Å².